The molecule has 0 aliphatic carbocycles. The van der Waals surface area contributed by atoms with Gasteiger partial charge in [-0.2, -0.15) is 0 Å². The molecule has 2 atom stereocenters. The summed E-state index contributed by atoms with van der Waals surface area (Å²) >= 11 is 0. The number of morpholine rings is 1. The highest BCUT2D eigenvalue weighted by Crippen LogP contribution is 2.22. The lowest BCUT2D eigenvalue weighted by Crippen LogP contribution is -2.52. The maximum atomic E-state index is 12.1. The summed E-state index contributed by atoms with van der Waals surface area (Å²) in [6, 6.07) is 1.93. The van der Waals surface area contributed by atoms with Crippen molar-refractivity contribution < 1.29 is 18.8 Å². The Kier molecular flexibility index (Phi) is 5.07. The number of rotatable bonds is 5. The minimum Gasteiger partial charge on any atom is -0.381 e. The third-order valence-corrected chi connectivity index (χ3v) is 4.35. The Labute approximate surface area is 129 Å². The van der Waals surface area contributed by atoms with E-state index in [2.05, 4.69) is 15.4 Å². The van der Waals surface area contributed by atoms with Crippen LogP contribution in [0.2, 0.25) is 0 Å². The molecule has 2 saturated heterocycles. The van der Waals surface area contributed by atoms with Crippen molar-refractivity contribution in [2.24, 2.45) is 5.92 Å². The first-order chi connectivity index (χ1) is 10.7. The van der Waals surface area contributed by atoms with Gasteiger partial charge in [-0.25, -0.2) is 0 Å². The number of hydrogen-bond acceptors (Lipinski definition) is 6. The van der Waals surface area contributed by atoms with E-state index in [1.54, 1.807) is 13.0 Å². The number of carbonyl (C=O) groups excluding carboxylic acids is 1. The van der Waals surface area contributed by atoms with Gasteiger partial charge < -0.3 is 19.3 Å². The first-order valence-electron chi connectivity index (χ1n) is 7.85. The Morgan fingerprint density at radius 2 is 2.23 bits per heavy atom. The first kappa shape index (κ1) is 15.5. The molecule has 3 heterocycles. The molecule has 0 unspecified atom stereocenters. The zero-order valence-electron chi connectivity index (χ0n) is 12.9. The molecule has 0 radical (unpaired) electrons. The molecule has 1 aromatic rings. The van der Waals surface area contributed by atoms with Gasteiger partial charge in [0.25, 0.3) is 5.91 Å². The van der Waals surface area contributed by atoms with Crippen LogP contribution in [-0.4, -0.2) is 68.1 Å². The van der Waals surface area contributed by atoms with Crippen molar-refractivity contribution in [3.05, 3.63) is 17.5 Å². The minimum absolute atomic E-state index is 0.210. The average molecular weight is 309 g/mol. The number of ether oxygens (including phenoxy) is 2. The molecule has 7 nitrogen and oxygen atoms in total. The highest BCUT2D eigenvalue weighted by atomic mass is 16.5. The van der Waals surface area contributed by atoms with Crippen LogP contribution in [0.5, 0.6) is 0 Å². The third-order valence-electron chi connectivity index (χ3n) is 4.35. The normalized spacial score (nSPS) is 24.3. The molecule has 2 fully saturated rings. The fourth-order valence-electron chi connectivity index (χ4n) is 3.11. The Morgan fingerprint density at radius 1 is 1.41 bits per heavy atom. The summed E-state index contributed by atoms with van der Waals surface area (Å²) in [4.78, 5) is 14.5. The molecule has 2 aliphatic heterocycles. The number of amides is 1. The van der Waals surface area contributed by atoms with Crippen LogP contribution >= 0.6 is 0 Å². The maximum Gasteiger partial charge on any atom is 0.289 e. The standard InChI is InChI=1S/C15H23N3O4/c1-11-8-14(22-17-11)15(19)16-9-13(12-2-5-21-10-12)18-3-6-20-7-4-18/h8,12-13H,2-7,9-10H2,1H3,(H,16,19)/t12-,13-/m1/s1. The van der Waals surface area contributed by atoms with Crippen molar-refractivity contribution >= 4 is 5.91 Å². The second-order valence-corrected chi connectivity index (χ2v) is 5.88. The molecule has 0 spiro atoms. The summed E-state index contributed by atoms with van der Waals surface area (Å²) in [7, 11) is 0. The molecule has 2 aliphatic rings. The number of nitrogens with one attached hydrogen (secondary N) is 1. The van der Waals surface area contributed by atoms with Crippen molar-refractivity contribution in [1.29, 1.82) is 0 Å². The lowest BCUT2D eigenvalue weighted by Gasteiger charge is -2.37. The van der Waals surface area contributed by atoms with Crippen LogP contribution in [-0.2, 0) is 9.47 Å². The number of aryl methyl sites for hydroxylation is 1. The van der Waals surface area contributed by atoms with Crippen LogP contribution in [0.3, 0.4) is 0 Å². The Bertz CT molecular complexity index is 493. The molecule has 1 aromatic heterocycles. The maximum absolute atomic E-state index is 12.1. The van der Waals surface area contributed by atoms with Gasteiger partial charge in [0, 0.05) is 44.3 Å². The van der Waals surface area contributed by atoms with Crippen LogP contribution in [0.15, 0.2) is 10.6 Å². The predicted molar refractivity (Wildman–Crippen MR) is 78.7 cm³/mol. The smallest absolute Gasteiger partial charge is 0.289 e. The second kappa shape index (κ2) is 7.21. The summed E-state index contributed by atoms with van der Waals surface area (Å²) in [5.74, 6) is 0.508. The van der Waals surface area contributed by atoms with Gasteiger partial charge >= 0.3 is 0 Å². The van der Waals surface area contributed by atoms with E-state index >= 15 is 0 Å². The molecule has 3 rings (SSSR count). The molecular formula is C15H23N3O4. The fraction of sp³-hybridized carbons (Fsp3) is 0.733. The average Bonchev–Trinajstić information content (AvgIpc) is 3.20. The second-order valence-electron chi connectivity index (χ2n) is 5.88. The van der Waals surface area contributed by atoms with Gasteiger partial charge in [-0.15, -0.1) is 0 Å². The summed E-state index contributed by atoms with van der Waals surface area (Å²) in [6.07, 6.45) is 1.04. The van der Waals surface area contributed by atoms with Gasteiger partial charge in [0.05, 0.1) is 25.5 Å². The van der Waals surface area contributed by atoms with E-state index in [0.29, 0.717) is 18.2 Å². The lowest BCUT2D eigenvalue weighted by atomic mass is 9.97. The van der Waals surface area contributed by atoms with E-state index in [0.717, 1.165) is 45.9 Å². The fourth-order valence-corrected chi connectivity index (χ4v) is 3.11. The van der Waals surface area contributed by atoms with E-state index in [-0.39, 0.29) is 17.7 Å². The van der Waals surface area contributed by atoms with Crippen molar-refractivity contribution in [2.75, 3.05) is 46.1 Å². The van der Waals surface area contributed by atoms with E-state index in [4.69, 9.17) is 14.0 Å². The highest BCUT2D eigenvalue weighted by molar-refractivity contribution is 5.91. The third kappa shape index (κ3) is 3.66. The molecular weight excluding hydrogens is 286 g/mol. The van der Waals surface area contributed by atoms with Crippen molar-refractivity contribution in [1.82, 2.24) is 15.4 Å². The molecule has 1 amide bonds. The van der Waals surface area contributed by atoms with E-state index < -0.39 is 0 Å². The van der Waals surface area contributed by atoms with Crippen LogP contribution in [0, 0.1) is 12.8 Å². The van der Waals surface area contributed by atoms with Crippen LogP contribution < -0.4 is 5.32 Å². The molecule has 0 saturated carbocycles. The minimum atomic E-state index is -0.210. The number of hydrogen-bond donors (Lipinski definition) is 1. The predicted octanol–water partition coefficient (Wildman–Crippen LogP) is 0.450. The Hall–Kier alpha value is -1.44. The molecule has 7 heteroatoms. The van der Waals surface area contributed by atoms with Gasteiger partial charge in [0.2, 0.25) is 5.76 Å². The van der Waals surface area contributed by atoms with Crippen molar-refractivity contribution in [2.45, 2.75) is 19.4 Å². The van der Waals surface area contributed by atoms with Crippen molar-refractivity contribution in [3.63, 3.8) is 0 Å². The SMILES string of the molecule is Cc1cc(C(=O)NC[C@H]([C@@H]2CCOC2)N2CCOCC2)on1. The number of aromatic nitrogens is 1. The number of carbonyl (C=O) groups is 1. The summed E-state index contributed by atoms with van der Waals surface area (Å²) in [6.45, 7) is 7.26. The van der Waals surface area contributed by atoms with Crippen molar-refractivity contribution in [3.8, 4) is 0 Å². The monoisotopic (exact) mass is 309 g/mol. The first-order valence-corrected chi connectivity index (χ1v) is 7.85. The van der Waals surface area contributed by atoms with E-state index in [1.807, 2.05) is 0 Å². The lowest BCUT2D eigenvalue weighted by molar-refractivity contribution is 0.00158. The van der Waals surface area contributed by atoms with Crippen LogP contribution in [0.4, 0.5) is 0 Å². The summed E-state index contributed by atoms with van der Waals surface area (Å²) in [5.41, 5.74) is 0.707. The van der Waals surface area contributed by atoms with E-state index in [9.17, 15) is 4.79 Å². The quantitative estimate of drug-likeness (QED) is 0.851. The largest absolute Gasteiger partial charge is 0.381 e. The van der Waals surface area contributed by atoms with Gasteiger partial charge in [0.1, 0.15) is 0 Å². The van der Waals surface area contributed by atoms with Gasteiger partial charge in [-0.3, -0.25) is 9.69 Å². The highest BCUT2D eigenvalue weighted by Gasteiger charge is 2.32. The van der Waals surface area contributed by atoms with Crippen LogP contribution in [0.25, 0.3) is 0 Å². The van der Waals surface area contributed by atoms with Gasteiger partial charge in [-0.05, 0) is 13.3 Å². The van der Waals surface area contributed by atoms with Crippen LogP contribution in [0.1, 0.15) is 22.7 Å². The zero-order chi connectivity index (χ0) is 15.4. The summed E-state index contributed by atoms with van der Waals surface area (Å²) < 4.78 is 16.0. The Balaban J connectivity index is 1.60. The summed E-state index contributed by atoms with van der Waals surface area (Å²) in [5, 5.41) is 6.73. The van der Waals surface area contributed by atoms with Gasteiger partial charge in [-0.1, -0.05) is 5.16 Å². The Morgan fingerprint density at radius 3 is 2.86 bits per heavy atom. The number of nitrogens with zero attached hydrogens (tertiary/aromatic N) is 2. The molecule has 1 N–H and O–H groups in total. The van der Waals surface area contributed by atoms with Gasteiger partial charge in [0.15, 0.2) is 0 Å². The molecule has 122 valence electrons. The van der Waals surface area contributed by atoms with E-state index in [1.165, 1.54) is 0 Å². The molecule has 0 aromatic carbocycles. The topological polar surface area (TPSA) is 76.8 Å². The zero-order valence-corrected chi connectivity index (χ0v) is 12.9. The molecule has 0 bridgehead atoms. The molecule has 22 heavy (non-hydrogen) atoms.